The third kappa shape index (κ3) is 5.03. The summed E-state index contributed by atoms with van der Waals surface area (Å²) in [4.78, 5) is 60.6. The summed E-state index contributed by atoms with van der Waals surface area (Å²) in [7, 11) is 0. The number of aliphatic hydroxyl groups is 3. The quantitative estimate of drug-likeness (QED) is 0.252. The van der Waals surface area contributed by atoms with Gasteiger partial charge in [0, 0.05) is 23.2 Å². The first-order chi connectivity index (χ1) is 18.6. The lowest BCUT2D eigenvalue weighted by Crippen LogP contribution is -2.61. The number of aliphatic hydroxyl groups excluding tert-OH is 2. The van der Waals surface area contributed by atoms with Crippen LogP contribution in [0, 0.1) is 28.6 Å². The van der Waals surface area contributed by atoms with Crippen LogP contribution in [0.5, 0.6) is 0 Å². The molecule has 0 aromatic heterocycles. The topological polar surface area (TPSA) is 188 Å². The molecule has 0 bridgehead atoms. The van der Waals surface area contributed by atoms with E-state index >= 15 is 0 Å². The van der Waals surface area contributed by atoms with Crippen molar-refractivity contribution in [1.82, 2.24) is 5.32 Å². The molecule has 4 aliphatic rings. The van der Waals surface area contributed by atoms with Crippen LogP contribution in [-0.2, 0) is 28.7 Å². The second-order valence-corrected chi connectivity index (χ2v) is 12.3. The second-order valence-electron chi connectivity index (χ2n) is 12.3. The Labute approximate surface area is 232 Å². The summed E-state index contributed by atoms with van der Waals surface area (Å²) < 4.78 is 5.08. The molecule has 0 aromatic rings. The Balaban J connectivity index is 1.38. The van der Waals surface area contributed by atoms with Gasteiger partial charge in [0.25, 0.3) is 0 Å². The van der Waals surface area contributed by atoms with Crippen LogP contribution in [-0.4, -0.2) is 80.3 Å². The molecular formula is C29H39NO10. The largest absolute Gasteiger partial charge is 0.480 e. The van der Waals surface area contributed by atoms with Crippen molar-refractivity contribution in [3.8, 4) is 0 Å². The third-order valence-corrected chi connectivity index (χ3v) is 10.1. The minimum Gasteiger partial charge on any atom is -0.480 e. The van der Waals surface area contributed by atoms with E-state index in [4.69, 9.17) is 9.84 Å². The molecule has 11 heteroatoms. The minimum absolute atomic E-state index is 0.0351. The van der Waals surface area contributed by atoms with Crippen molar-refractivity contribution in [2.75, 3.05) is 6.61 Å². The summed E-state index contributed by atoms with van der Waals surface area (Å²) in [5.41, 5.74) is -2.19. The highest BCUT2D eigenvalue weighted by atomic mass is 16.5. The average molecular weight is 562 g/mol. The third-order valence-electron chi connectivity index (χ3n) is 10.1. The summed E-state index contributed by atoms with van der Waals surface area (Å²) >= 11 is 0. The number of carbonyl (C=O) groups excluding carboxylic acids is 4. The average Bonchev–Trinajstić information content (AvgIpc) is 3.15. The minimum atomic E-state index is -1.80. The van der Waals surface area contributed by atoms with Crippen LogP contribution >= 0.6 is 0 Å². The van der Waals surface area contributed by atoms with Crippen LogP contribution in [0.2, 0.25) is 0 Å². The maximum atomic E-state index is 13.3. The number of fused-ring (bicyclic) bond motifs is 5. The van der Waals surface area contributed by atoms with E-state index in [1.165, 1.54) is 6.92 Å². The monoisotopic (exact) mass is 561 g/mol. The van der Waals surface area contributed by atoms with Crippen LogP contribution in [0.1, 0.15) is 65.7 Å². The number of hydrogen-bond donors (Lipinski definition) is 5. The van der Waals surface area contributed by atoms with Gasteiger partial charge in [0.2, 0.25) is 11.7 Å². The van der Waals surface area contributed by atoms with E-state index in [0.717, 1.165) is 12.0 Å². The lowest BCUT2D eigenvalue weighted by atomic mass is 9.46. The molecule has 3 fully saturated rings. The highest BCUT2D eigenvalue weighted by Crippen LogP contribution is 2.67. The maximum absolute atomic E-state index is 13.3. The number of allylic oxidation sites excluding steroid dienone is 4. The number of nitrogens with one attached hydrogen (secondary N) is 1. The SMILES string of the molecule is C[C@H](O)[C@H](NC(=O)CCC(=O)OCC(=O)[C@@]1(O)CC[C@H]2[C@@H]3CCC4=CC(=O)C=C[C@]4(C)[C@H]3[C@@H](O)C[C@@]21C)C(=O)O. The molecule has 4 aliphatic carbocycles. The van der Waals surface area contributed by atoms with Crippen LogP contribution in [0.4, 0.5) is 0 Å². The molecule has 0 heterocycles. The molecule has 0 spiro atoms. The van der Waals surface area contributed by atoms with Gasteiger partial charge in [-0.3, -0.25) is 19.2 Å². The Morgan fingerprint density at radius 2 is 1.88 bits per heavy atom. The van der Waals surface area contributed by atoms with Gasteiger partial charge >= 0.3 is 11.9 Å². The predicted octanol–water partition coefficient (Wildman–Crippen LogP) is 0.839. The van der Waals surface area contributed by atoms with Crippen LogP contribution in [0.3, 0.4) is 0 Å². The molecule has 0 saturated heterocycles. The van der Waals surface area contributed by atoms with Gasteiger partial charge in [-0.1, -0.05) is 25.5 Å². The van der Waals surface area contributed by atoms with Crippen molar-refractivity contribution in [1.29, 1.82) is 0 Å². The van der Waals surface area contributed by atoms with Gasteiger partial charge in [-0.05, 0) is 63.0 Å². The van der Waals surface area contributed by atoms with E-state index in [1.54, 1.807) is 12.2 Å². The lowest BCUT2D eigenvalue weighted by Gasteiger charge is -2.59. The van der Waals surface area contributed by atoms with Gasteiger partial charge < -0.3 is 30.5 Å². The van der Waals surface area contributed by atoms with Gasteiger partial charge in [-0.15, -0.1) is 0 Å². The van der Waals surface area contributed by atoms with Crippen molar-refractivity contribution < 1.29 is 49.1 Å². The number of rotatable bonds is 9. The first kappa shape index (κ1) is 30.1. The Morgan fingerprint density at radius 3 is 2.52 bits per heavy atom. The van der Waals surface area contributed by atoms with Crippen LogP contribution < -0.4 is 5.32 Å². The fourth-order valence-corrected chi connectivity index (χ4v) is 7.98. The second kappa shape index (κ2) is 10.8. The molecule has 11 nitrogen and oxygen atoms in total. The van der Waals surface area contributed by atoms with E-state index in [1.807, 2.05) is 19.9 Å². The normalized spacial score (nSPS) is 37.8. The zero-order valence-electron chi connectivity index (χ0n) is 23.1. The fraction of sp³-hybridized carbons (Fsp3) is 0.690. The van der Waals surface area contributed by atoms with Gasteiger partial charge in [-0.25, -0.2) is 4.79 Å². The molecule has 9 atom stereocenters. The van der Waals surface area contributed by atoms with Crippen molar-refractivity contribution in [3.05, 3.63) is 23.8 Å². The van der Waals surface area contributed by atoms with Crippen molar-refractivity contribution in [3.63, 3.8) is 0 Å². The van der Waals surface area contributed by atoms with Crippen molar-refractivity contribution >= 4 is 29.4 Å². The number of hydrogen-bond acceptors (Lipinski definition) is 9. The van der Waals surface area contributed by atoms with Crippen LogP contribution in [0.25, 0.3) is 0 Å². The van der Waals surface area contributed by atoms with Gasteiger partial charge in [0.15, 0.2) is 18.4 Å². The molecule has 40 heavy (non-hydrogen) atoms. The number of ether oxygens (including phenoxy) is 1. The Hall–Kier alpha value is -2.89. The fourth-order valence-electron chi connectivity index (χ4n) is 7.98. The van der Waals surface area contributed by atoms with E-state index in [-0.39, 0.29) is 36.4 Å². The zero-order chi connectivity index (χ0) is 29.6. The van der Waals surface area contributed by atoms with E-state index in [0.29, 0.717) is 12.8 Å². The summed E-state index contributed by atoms with van der Waals surface area (Å²) in [6, 6.07) is -1.52. The smallest absolute Gasteiger partial charge is 0.328 e. The van der Waals surface area contributed by atoms with Crippen molar-refractivity contribution in [2.24, 2.45) is 28.6 Å². The molecule has 5 N–H and O–H groups in total. The lowest BCUT2D eigenvalue weighted by molar-refractivity contribution is -0.181. The summed E-state index contributed by atoms with van der Waals surface area (Å²) in [5, 5.41) is 43.8. The number of amides is 1. The number of esters is 1. The molecular weight excluding hydrogens is 522 g/mol. The Kier molecular flexibility index (Phi) is 8.14. The van der Waals surface area contributed by atoms with E-state index in [9.17, 15) is 39.3 Å². The van der Waals surface area contributed by atoms with E-state index in [2.05, 4.69) is 5.32 Å². The number of carbonyl (C=O) groups is 5. The number of Topliss-reactive ketones (excluding diaryl/α,β-unsaturated/α-hetero) is 1. The Bertz CT molecular complexity index is 1160. The van der Waals surface area contributed by atoms with E-state index < -0.39 is 77.8 Å². The molecule has 220 valence electrons. The number of ketones is 2. The highest BCUT2D eigenvalue weighted by molar-refractivity contribution is 6.01. The predicted molar refractivity (Wildman–Crippen MR) is 139 cm³/mol. The maximum Gasteiger partial charge on any atom is 0.328 e. The molecule has 1 amide bonds. The molecule has 0 aromatic carbocycles. The standard InChI is InChI=1S/C29H39NO10/c1-15(31)25(26(37)38)30-22(35)6-7-23(36)40-14-21(34)29(39)11-9-19-18-5-4-16-12-17(32)8-10-27(16,2)24(18)20(33)13-28(19,29)3/h8,10,12,15,18-20,24-25,31,33,39H,4-7,9,11,13-14H2,1-3H3,(H,30,35)(H,37,38)/t15-,18-,19-,20-,24+,25-,27-,28-,29-/m0/s1. The number of carboxylic acids is 1. The first-order valence-corrected chi connectivity index (χ1v) is 13.9. The molecule has 0 aliphatic heterocycles. The van der Waals surface area contributed by atoms with Gasteiger partial charge in [0.05, 0.1) is 18.6 Å². The summed E-state index contributed by atoms with van der Waals surface area (Å²) in [6.45, 7) is 4.39. The number of aliphatic carboxylic acids is 1. The van der Waals surface area contributed by atoms with Gasteiger partial charge in [-0.2, -0.15) is 0 Å². The number of carboxylic acid groups (broad SMARTS) is 1. The molecule has 3 saturated carbocycles. The van der Waals surface area contributed by atoms with Gasteiger partial charge in [0.1, 0.15) is 5.60 Å². The van der Waals surface area contributed by atoms with Crippen molar-refractivity contribution in [2.45, 2.75) is 89.6 Å². The van der Waals surface area contributed by atoms with Crippen LogP contribution in [0.15, 0.2) is 23.8 Å². The summed E-state index contributed by atoms with van der Waals surface area (Å²) in [6.07, 6.45) is 4.52. The molecule has 0 radical (unpaired) electrons. The Morgan fingerprint density at radius 1 is 1.18 bits per heavy atom. The zero-order valence-corrected chi connectivity index (χ0v) is 23.1. The highest BCUT2D eigenvalue weighted by Gasteiger charge is 2.68. The summed E-state index contributed by atoms with van der Waals surface area (Å²) in [5.74, 6) is -3.93. The molecule has 0 unspecified atom stereocenters. The first-order valence-electron chi connectivity index (χ1n) is 13.9. The molecule has 4 rings (SSSR count).